The van der Waals surface area contributed by atoms with Gasteiger partial charge in [-0.1, -0.05) is 27.5 Å². The van der Waals surface area contributed by atoms with Gasteiger partial charge in [-0.3, -0.25) is 4.72 Å². The lowest BCUT2D eigenvalue weighted by Gasteiger charge is -2.12. The molecule has 4 nitrogen and oxygen atoms in total. The average Bonchev–Trinajstić information content (AvgIpc) is 2.37. The number of pyridine rings is 1. The average molecular weight is 519 g/mol. The molecule has 1 aromatic heterocycles. The summed E-state index contributed by atoms with van der Waals surface area (Å²) in [4.78, 5) is 3.99. The van der Waals surface area contributed by atoms with Crippen LogP contribution in [0.25, 0.3) is 0 Å². The van der Waals surface area contributed by atoms with Crippen LogP contribution in [0.4, 0.5) is 5.69 Å². The fourth-order valence-corrected chi connectivity index (χ4v) is 4.80. The quantitative estimate of drug-likeness (QED) is 0.572. The molecule has 2 rings (SSSR count). The summed E-state index contributed by atoms with van der Waals surface area (Å²) in [5.41, 5.74) is 1.12. The molecule has 0 saturated heterocycles. The van der Waals surface area contributed by atoms with Crippen molar-refractivity contribution in [3.63, 3.8) is 0 Å². The molecule has 0 aliphatic heterocycles. The highest BCUT2D eigenvalue weighted by molar-refractivity contribution is 9.11. The SMILES string of the molecule is Cc1cc(Br)c(S(=O)(=O)Nc2cc(Br)cnc2Cl)cc1Br. The van der Waals surface area contributed by atoms with E-state index in [4.69, 9.17) is 11.6 Å². The van der Waals surface area contributed by atoms with E-state index in [1.807, 2.05) is 6.92 Å². The fourth-order valence-electron chi connectivity index (χ4n) is 1.53. The van der Waals surface area contributed by atoms with Crippen LogP contribution in [0.2, 0.25) is 5.15 Å². The highest BCUT2D eigenvalue weighted by atomic mass is 79.9. The van der Waals surface area contributed by atoms with Crippen molar-refractivity contribution in [3.05, 3.63) is 48.5 Å². The Balaban J connectivity index is 2.48. The van der Waals surface area contributed by atoms with Crippen LogP contribution in [0.1, 0.15) is 5.56 Å². The minimum Gasteiger partial charge on any atom is -0.276 e. The van der Waals surface area contributed by atoms with E-state index < -0.39 is 10.0 Å². The van der Waals surface area contributed by atoms with E-state index in [2.05, 4.69) is 57.5 Å². The van der Waals surface area contributed by atoms with Crippen molar-refractivity contribution in [2.75, 3.05) is 4.72 Å². The third kappa shape index (κ3) is 3.98. The van der Waals surface area contributed by atoms with Crippen LogP contribution in [0, 0.1) is 6.92 Å². The van der Waals surface area contributed by atoms with Crippen LogP contribution in [0.5, 0.6) is 0 Å². The van der Waals surface area contributed by atoms with E-state index in [0.717, 1.165) is 5.56 Å². The summed E-state index contributed by atoms with van der Waals surface area (Å²) >= 11 is 15.7. The Morgan fingerprint density at radius 2 is 1.81 bits per heavy atom. The summed E-state index contributed by atoms with van der Waals surface area (Å²) in [6, 6.07) is 4.80. The van der Waals surface area contributed by atoms with Gasteiger partial charge in [0.25, 0.3) is 10.0 Å². The van der Waals surface area contributed by atoms with E-state index in [-0.39, 0.29) is 15.7 Å². The summed E-state index contributed by atoms with van der Waals surface area (Å²) < 4.78 is 29.2. The van der Waals surface area contributed by atoms with Crippen molar-refractivity contribution in [3.8, 4) is 0 Å². The molecule has 0 radical (unpaired) electrons. The largest absolute Gasteiger partial charge is 0.276 e. The number of nitrogens with zero attached hydrogens (tertiary/aromatic N) is 1. The van der Waals surface area contributed by atoms with Crippen molar-refractivity contribution >= 4 is 75.1 Å². The highest BCUT2D eigenvalue weighted by Gasteiger charge is 2.20. The first-order chi connectivity index (χ1) is 9.70. The second-order valence-corrected chi connectivity index (χ2v) is 8.76. The van der Waals surface area contributed by atoms with Gasteiger partial charge in [-0.2, -0.15) is 0 Å². The lowest BCUT2D eigenvalue weighted by atomic mass is 10.2. The second kappa shape index (κ2) is 6.54. The Hall–Kier alpha value is -0.150. The van der Waals surface area contributed by atoms with Crippen LogP contribution in [-0.2, 0) is 10.0 Å². The smallest absolute Gasteiger partial charge is 0.263 e. The molecule has 0 amide bonds. The molecule has 2 aromatic rings. The molecule has 0 fully saturated rings. The molecule has 0 saturated carbocycles. The van der Waals surface area contributed by atoms with Crippen LogP contribution in [-0.4, -0.2) is 13.4 Å². The summed E-state index contributed by atoms with van der Waals surface area (Å²) in [6.07, 6.45) is 1.48. The zero-order valence-corrected chi connectivity index (χ0v) is 16.8. The number of rotatable bonds is 3. The Bertz CT molecular complexity index is 812. The summed E-state index contributed by atoms with van der Waals surface area (Å²) in [5.74, 6) is 0. The molecule has 0 bridgehead atoms. The van der Waals surface area contributed by atoms with Gasteiger partial charge in [0.15, 0.2) is 5.15 Å². The first-order valence-electron chi connectivity index (χ1n) is 5.50. The molecule has 0 spiro atoms. The second-order valence-electron chi connectivity index (χ2n) is 4.13. The number of sulfonamides is 1. The van der Waals surface area contributed by atoms with E-state index in [1.165, 1.54) is 12.3 Å². The van der Waals surface area contributed by atoms with Crippen LogP contribution >= 0.6 is 59.4 Å². The predicted molar refractivity (Wildman–Crippen MR) is 94.3 cm³/mol. The predicted octanol–water partition coefficient (Wildman–Crippen LogP) is 5.13. The zero-order valence-electron chi connectivity index (χ0n) is 10.5. The highest BCUT2D eigenvalue weighted by Crippen LogP contribution is 2.31. The van der Waals surface area contributed by atoms with Crippen molar-refractivity contribution in [2.24, 2.45) is 0 Å². The summed E-state index contributed by atoms with van der Waals surface area (Å²) in [5, 5.41) is 0.0732. The Morgan fingerprint density at radius 1 is 1.14 bits per heavy atom. The summed E-state index contributed by atoms with van der Waals surface area (Å²) in [6.45, 7) is 1.87. The van der Waals surface area contributed by atoms with Gasteiger partial charge in [-0.25, -0.2) is 13.4 Å². The first-order valence-corrected chi connectivity index (χ1v) is 9.74. The van der Waals surface area contributed by atoms with E-state index in [1.54, 1.807) is 12.1 Å². The van der Waals surface area contributed by atoms with Crippen molar-refractivity contribution in [1.82, 2.24) is 4.98 Å². The topological polar surface area (TPSA) is 59.1 Å². The standard InChI is InChI=1S/C12H8Br3ClN2O2S/c1-6-2-9(15)11(4-8(6)14)21(19,20)18-10-3-7(13)5-17-12(10)16/h2-5,18H,1H3. The Labute approximate surface area is 152 Å². The third-order valence-electron chi connectivity index (χ3n) is 2.55. The van der Waals surface area contributed by atoms with Gasteiger partial charge in [-0.15, -0.1) is 0 Å². The number of aromatic nitrogens is 1. The van der Waals surface area contributed by atoms with Crippen LogP contribution in [0.3, 0.4) is 0 Å². The molecule has 0 atom stereocenters. The van der Waals surface area contributed by atoms with Gasteiger partial charge in [0.2, 0.25) is 0 Å². The third-order valence-corrected chi connectivity index (χ3v) is 6.47. The van der Waals surface area contributed by atoms with Crippen molar-refractivity contribution in [2.45, 2.75) is 11.8 Å². The minimum absolute atomic E-state index is 0.0732. The molecule has 21 heavy (non-hydrogen) atoms. The molecule has 1 N–H and O–H groups in total. The van der Waals surface area contributed by atoms with Gasteiger partial charge in [0.05, 0.1) is 5.69 Å². The molecule has 0 aliphatic carbocycles. The maximum absolute atomic E-state index is 12.5. The number of hydrogen-bond acceptors (Lipinski definition) is 3. The maximum atomic E-state index is 12.5. The molecule has 112 valence electrons. The molecule has 1 heterocycles. The number of halogens is 4. The molecular weight excluding hydrogens is 511 g/mol. The van der Waals surface area contributed by atoms with Crippen LogP contribution in [0.15, 0.2) is 42.7 Å². The lowest BCUT2D eigenvalue weighted by Crippen LogP contribution is -2.14. The molecule has 0 unspecified atom stereocenters. The molecule has 1 aromatic carbocycles. The van der Waals surface area contributed by atoms with E-state index >= 15 is 0 Å². The van der Waals surface area contributed by atoms with Gasteiger partial charge in [0.1, 0.15) is 4.90 Å². The zero-order chi connectivity index (χ0) is 15.8. The van der Waals surface area contributed by atoms with Gasteiger partial charge in [-0.05, 0) is 62.5 Å². The normalized spacial score (nSPS) is 11.5. The molecule has 0 aliphatic rings. The van der Waals surface area contributed by atoms with E-state index in [0.29, 0.717) is 13.4 Å². The minimum atomic E-state index is -3.79. The number of nitrogens with one attached hydrogen (secondary N) is 1. The van der Waals surface area contributed by atoms with E-state index in [9.17, 15) is 8.42 Å². The molecule has 9 heteroatoms. The first kappa shape index (κ1) is 17.2. The number of benzene rings is 1. The number of aryl methyl sites for hydroxylation is 1. The Kier molecular flexibility index (Phi) is 5.36. The van der Waals surface area contributed by atoms with Gasteiger partial charge < -0.3 is 0 Å². The van der Waals surface area contributed by atoms with Crippen molar-refractivity contribution < 1.29 is 8.42 Å². The number of anilines is 1. The van der Waals surface area contributed by atoms with Crippen molar-refractivity contribution in [1.29, 1.82) is 0 Å². The fraction of sp³-hybridized carbons (Fsp3) is 0.0833. The summed E-state index contributed by atoms with van der Waals surface area (Å²) in [7, 11) is -3.79. The lowest BCUT2D eigenvalue weighted by molar-refractivity contribution is 0.600. The van der Waals surface area contributed by atoms with Gasteiger partial charge in [0, 0.05) is 19.6 Å². The number of hydrogen-bond donors (Lipinski definition) is 1. The van der Waals surface area contributed by atoms with Gasteiger partial charge >= 0.3 is 0 Å². The maximum Gasteiger partial charge on any atom is 0.263 e. The Morgan fingerprint density at radius 3 is 2.48 bits per heavy atom. The monoisotopic (exact) mass is 516 g/mol. The molecular formula is C12H8Br3ClN2O2S. The van der Waals surface area contributed by atoms with Crippen LogP contribution < -0.4 is 4.72 Å².